The Morgan fingerprint density at radius 3 is 2.51 bits per heavy atom. The Hall–Kier alpha value is -4.29. The number of amides is 1. The molecular weight excluding hydrogens is 464 g/mol. The molecule has 172 valence electrons. The molecule has 1 aliphatic rings. The molecule has 0 saturated carbocycles. The fourth-order valence-electron chi connectivity index (χ4n) is 4.86. The van der Waals surface area contributed by atoms with Gasteiger partial charge in [0.25, 0.3) is 5.91 Å². The number of nitrogens with one attached hydrogen (secondary N) is 1. The van der Waals surface area contributed by atoms with Crippen molar-refractivity contribution >= 4 is 50.9 Å². The Kier molecular flexibility index (Phi) is 4.79. The zero-order valence-electron chi connectivity index (χ0n) is 18.6. The van der Waals surface area contributed by atoms with Gasteiger partial charge >= 0.3 is 0 Å². The third-order valence-electron chi connectivity index (χ3n) is 6.42. The molecule has 7 heteroatoms. The molecule has 1 unspecified atom stereocenters. The average molecular weight is 483 g/mol. The molecule has 2 aromatic heterocycles. The Labute approximate surface area is 205 Å². The van der Waals surface area contributed by atoms with Crippen LogP contribution in [0.4, 0.5) is 5.69 Å². The van der Waals surface area contributed by atoms with E-state index >= 15 is 0 Å². The van der Waals surface area contributed by atoms with Crippen molar-refractivity contribution in [1.29, 1.82) is 0 Å². The molecule has 0 bridgehead atoms. The van der Waals surface area contributed by atoms with Gasteiger partial charge in [-0.05, 0) is 49.4 Å². The molecule has 0 spiro atoms. The Morgan fingerprint density at radius 1 is 1.03 bits per heavy atom. The van der Waals surface area contributed by atoms with Crippen LogP contribution in [0.3, 0.4) is 0 Å². The number of aliphatic hydroxyl groups is 1. The van der Waals surface area contributed by atoms with E-state index in [1.165, 1.54) is 4.90 Å². The second kappa shape index (κ2) is 7.89. The molecule has 2 N–H and O–H groups in total. The first-order chi connectivity index (χ1) is 16.9. The van der Waals surface area contributed by atoms with E-state index in [1.54, 1.807) is 36.4 Å². The summed E-state index contributed by atoms with van der Waals surface area (Å²) in [5.41, 5.74) is 3.41. The van der Waals surface area contributed by atoms with Gasteiger partial charge in [-0.2, -0.15) is 0 Å². The normalized spacial score (nSPS) is 16.1. The Morgan fingerprint density at radius 2 is 1.74 bits per heavy atom. The predicted octanol–water partition coefficient (Wildman–Crippen LogP) is 6.66. The second-order valence-electron chi connectivity index (χ2n) is 8.50. The van der Waals surface area contributed by atoms with Crippen LogP contribution in [0.2, 0.25) is 5.02 Å². The van der Waals surface area contributed by atoms with Gasteiger partial charge in [0.15, 0.2) is 11.5 Å². The fraction of sp³-hybridized carbons (Fsp3) is 0.0714. The summed E-state index contributed by atoms with van der Waals surface area (Å²) >= 11 is 6.09. The Bertz CT molecular complexity index is 1640. The van der Waals surface area contributed by atoms with Crippen LogP contribution < -0.4 is 4.90 Å². The van der Waals surface area contributed by atoms with Crippen LogP contribution in [0.1, 0.15) is 27.9 Å². The number of para-hydroxylation sites is 2. The maximum absolute atomic E-state index is 13.8. The molecule has 1 atom stereocenters. The number of hydrogen-bond acceptors (Lipinski definition) is 4. The average Bonchev–Trinajstić information content (AvgIpc) is 3.51. The summed E-state index contributed by atoms with van der Waals surface area (Å²) in [6.07, 6.45) is 0. The van der Waals surface area contributed by atoms with Gasteiger partial charge in [0, 0.05) is 38.3 Å². The smallest absolute Gasteiger partial charge is 0.294 e. The lowest BCUT2D eigenvalue weighted by atomic mass is 9.92. The van der Waals surface area contributed by atoms with Crippen LogP contribution >= 0.6 is 11.6 Å². The van der Waals surface area contributed by atoms with E-state index in [0.29, 0.717) is 16.3 Å². The first kappa shape index (κ1) is 21.3. The van der Waals surface area contributed by atoms with E-state index in [0.717, 1.165) is 27.5 Å². The summed E-state index contributed by atoms with van der Waals surface area (Å²) in [6.45, 7) is 1.89. The van der Waals surface area contributed by atoms with E-state index in [1.807, 2.05) is 49.4 Å². The molecule has 0 radical (unpaired) electrons. The quantitative estimate of drug-likeness (QED) is 0.280. The lowest BCUT2D eigenvalue weighted by Crippen LogP contribution is -2.31. The number of carbonyl (C=O) groups excluding carboxylic acids is 2. The zero-order chi connectivity index (χ0) is 24.3. The van der Waals surface area contributed by atoms with Gasteiger partial charge in [-0.1, -0.05) is 48.0 Å². The minimum atomic E-state index is -0.875. The molecule has 0 aliphatic carbocycles. The SMILES string of the molecule is Cc1[nH]c2ccccc2c1C1C(C(=O)c2cc3ccccc3o2)=C(O)C(=O)N1c1ccc(Cl)cc1. The molecule has 1 amide bonds. The van der Waals surface area contributed by atoms with E-state index in [9.17, 15) is 14.7 Å². The van der Waals surface area contributed by atoms with Gasteiger partial charge in [-0.25, -0.2) is 0 Å². The molecule has 35 heavy (non-hydrogen) atoms. The van der Waals surface area contributed by atoms with Gasteiger partial charge in [-0.15, -0.1) is 0 Å². The van der Waals surface area contributed by atoms with Gasteiger partial charge in [0.2, 0.25) is 5.78 Å². The highest BCUT2D eigenvalue weighted by molar-refractivity contribution is 6.30. The lowest BCUT2D eigenvalue weighted by Gasteiger charge is -2.27. The highest BCUT2D eigenvalue weighted by Crippen LogP contribution is 2.45. The lowest BCUT2D eigenvalue weighted by molar-refractivity contribution is -0.117. The van der Waals surface area contributed by atoms with Gasteiger partial charge < -0.3 is 14.5 Å². The third kappa shape index (κ3) is 3.26. The number of rotatable bonds is 4. The number of Topliss-reactive ketones (excluding diaryl/α,β-unsaturated/α-hetero) is 1. The van der Waals surface area contributed by atoms with E-state index < -0.39 is 23.5 Å². The summed E-state index contributed by atoms with van der Waals surface area (Å²) in [7, 11) is 0. The molecule has 1 aliphatic heterocycles. The second-order valence-corrected chi connectivity index (χ2v) is 8.94. The number of aryl methyl sites for hydroxylation is 1. The fourth-order valence-corrected chi connectivity index (χ4v) is 4.98. The number of aromatic amines is 1. The zero-order valence-corrected chi connectivity index (χ0v) is 19.3. The number of H-pyrrole nitrogens is 1. The minimum Gasteiger partial charge on any atom is -0.503 e. The molecule has 6 nitrogen and oxygen atoms in total. The monoisotopic (exact) mass is 482 g/mol. The molecule has 0 saturated heterocycles. The van der Waals surface area contributed by atoms with Crippen molar-refractivity contribution in [2.75, 3.05) is 4.90 Å². The van der Waals surface area contributed by atoms with E-state index in [2.05, 4.69) is 4.98 Å². The summed E-state index contributed by atoms with van der Waals surface area (Å²) in [4.78, 5) is 32.1. The number of furan rings is 1. The number of benzene rings is 3. The molecule has 5 aromatic rings. The van der Waals surface area contributed by atoms with Gasteiger partial charge in [0.05, 0.1) is 11.6 Å². The van der Waals surface area contributed by atoms with Crippen molar-refractivity contribution in [3.63, 3.8) is 0 Å². The van der Waals surface area contributed by atoms with Gasteiger partial charge in [0.1, 0.15) is 5.58 Å². The first-order valence-corrected chi connectivity index (χ1v) is 11.4. The number of aromatic nitrogens is 1. The van der Waals surface area contributed by atoms with Crippen LogP contribution in [-0.2, 0) is 4.79 Å². The van der Waals surface area contributed by atoms with Crippen LogP contribution in [0.15, 0.2) is 94.6 Å². The first-order valence-electron chi connectivity index (χ1n) is 11.1. The van der Waals surface area contributed by atoms with Crippen molar-refractivity contribution in [1.82, 2.24) is 4.98 Å². The number of carbonyl (C=O) groups is 2. The molecule has 6 rings (SSSR count). The number of aliphatic hydroxyl groups excluding tert-OH is 1. The maximum atomic E-state index is 13.8. The minimum absolute atomic E-state index is 0.0307. The largest absolute Gasteiger partial charge is 0.503 e. The van der Waals surface area contributed by atoms with Crippen LogP contribution in [0.5, 0.6) is 0 Å². The van der Waals surface area contributed by atoms with Crippen molar-refractivity contribution in [3.8, 4) is 0 Å². The van der Waals surface area contributed by atoms with E-state index in [-0.39, 0.29) is 11.3 Å². The topological polar surface area (TPSA) is 86.5 Å². The summed E-state index contributed by atoms with van der Waals surface area (Å²) in [5, 5.41) is 13.2. The van der Waals surface area contributed by atoms with Crippen molar-refractivity contribution in [2.45, 2.75) is 13.0 Å². The standard InChI is InChI=1S/C28H19ClN2O4/c1-15-23(19-7-3-4-8-20(19)30-15)25-24(26(32)22-14-16-6-2-5-9-21(16)35-22)27(33)28(34)31(25)18-12-10-17(29)11-13-18/h2-14,25,30,33H,1H3. The van der Waals surface area contributed by atoms with Gasteiger partial charge in [-0.3, -0.25) is 14.5 Å². The molecule has 3 heterocycles. The predicted molar refractivity (Wildman–Crippen MR) is 135 cm³/mol. The molecule has 3 aromatic carbocycles. The maximum Gasteiger partial charge on any atom is 0.294 e. The van der Waals surface area contributed by atoms with Crippen molar-refractivity contribution < 1.29 is 19.1 Å². The number of nitrogens with zero attached hydrogens (tertiary/aromatic N) is 1. The van der Waals surface area contributed by atoms with Crippen molar-refractivity contribution in [3.05, 3.63) is 112 Å². The number of ketones is 1. The number of anilines is 1. The summed E-state index contributed by atoms with van der Waals surface area (Å²) in [6, 6.07) is 22.4. The summed E-state index contributed by atoms with van der Waals surface area (Å²) < 4.78 is 5.82. The number of halogens is 1. The number of fused-ring (bicyclic) bond motifs is 2. The highest BCUT2D eigenvalue weighted by atomic mass is 35.5. The highest BCUT2D eigenvalue weighted by Gasteiger charge is 2.46. The van der Waals surface area contributed by atoms with E-state index in [4.69, 9.17) is 16.0 Å². The molecular formula is C28H19ClN2O4. The van der Waals surface area contributed by atoms with Crippen LogP contribution in [0.25, 0.3) is 21.9 Å². The third-order valence-corrected chi connectivity index (χ3v) is 6.68. The van der Waals surface area contributed by atoms with Crippen molar-refractivity contribution in [2.24, 2.45) is 0 Å². The summed E-state index contributed by atoms with van der Waals surface area (Å²) in [5.74, 6) is -1.75. The van der Waals surface area contributed by atoms with Crippen LogP contribution in [0, 0.1) is 6.92 Å². The van der Waals surface area contributed by atoms with Crippen LogP contribution in [-0.4, -0.2) is 21.8 Å². The Balaban J connectivity index is 1.58. The number of hydrogen-bond donors (Lipinski definition) is 2. The molecule has 0 fully saturated rings.